The van der Waals surface area contributed by atoms with Crippen molar-refractivity contribution in [2.24, 2.45) is 0 Å². The molecule has 0 radical (unpaired) electrons. The van der Waals surface area contributed by atoms with Gasteiger partial charge in [0.1, 0.15) is 0 Å². The monoisotopic (exact) mass is 215 g/mol. The van der Waals surface area contributed by atoms with E-state index in [1.165, 1.54) is 0 Å². The van der Waals surface area contributed by atoms with Gasteiger partial charge in [-0.1, -0.05) is 13.8 Å². The highest BCUT2D eigenvalue weighted by Crippen LogP contribution is 1.72. The van der Waals surface area contributed by atoms with Crippen LogP contribution in [0.2, 0.25) is 0 Å². The normalized spacial score (nSPS) is 9.73. The predicted molar refractivity (Wildman–Crippen MR) is 59.5 cm³/mol. The van der Waals surface area contributed by atoms with Gasteiger partial charge in [0.15, 0.2) is 0 Å². The molecule has 0 saturated carbocycles. The molecule has 0 aliphatic rings. The molecule has 0 aromatic heterocycles. The van der Waals surface area contributed by atoms with E-state index >= 15 is 0 Å². The SMILES string of the molecule is CCCNCC(=O)NCC(=O)NCCC. The highest BCUT2D eigenvalue weighted by molar-refractivity contribution is 5.85. The molecule has 0 spiro atoms. The third kappa shape index (κ3) is 9.21. The first-order valence-corrected chi connectivity index (χ1v) is 5.44. The molecule has 0 rings (SSSR count). The summed E-state index contributed by atoms with van der Waals surface area (Å²) in [7, 11) is 0. The van der Waals surface area contributed by atoms with Crippen molar-refractivity contribution in [1.29, 1.82) is 0 Å². The fourth-order valence-corrected chi connectivity index (χ4v) is 0.947. The first-order chi connectivity index (χ1) is 7.20. The van der Waals surface area contributed by atoms with Gasteiger partial charge in [0.25, 0.3) is 0 Å². The van der Waals surface area contributed by atoms with E-state index in [4.69, 9.17) is 0 Å². The Hall–Kier alpha value is -1.10. The van der Waals surface area contributed by atoms with E-state index < -0.39 is 0 Å². The highest BCUT2D eigenvalue weighted by Gasteiger charge is 2.03. The van der Waals surface area contributed by atoms with Gasteiger partial charge < -0.3 is 16.0 Å². The fourth-order valence-electron chi connectivity index (χ4n) is 0.947. The van der Waals surface area contributed by atoms with Crippen LogP contribution in [0.25, 0.3) is 0 Å². The van der Waals surface area contributed by atoms with Gasteiger partial charge in [-0.15, -0.1) is 0 Å². The molecule has 0 aromatic rings. The van der Waals surface area contributed by atoms with Crippen molar-refractivity contribution < 1.29 is 9.59 Å². The number of hydrogen-bond acceptors (Lipinski definition) is 3. The van der Waals surface area contributed by atoms with E-state index in [9.17, 15) is 9.59 Å². The lowest BCUT2D eigenvalue weighted by molar-refractivity contribution is -0.125. The summed E-state index contributed by atoms with van der Waals surface area (Å²) in [5.41, 5.74) is 0. The molecule has 0 bridgehead atoms. The van der Waals surface area contributed by atoms with E-state index in [2.05, 4.69) is 16.0 Å². The summed E-state index contributed by atoms with van der Waals surface area (Å²) in [6.07, 6.45) is 1.89. The standard InChI is InChI=1S/C10H21N3O2/c1-3-5-11-7-9(14)13-8-10(15)12-6-4-2/h11H,3-8H2,1-2H3,(H,12,15)(H,13,14). The largest absolute Gasteiger partial charge is 0.355 e. The predicted octanol–water partition coefficient (Wildman–Crippen LogP) is -0.372. The molecule has 0 saturated heterocycles. The minimum atomic E-state index is -0.143. The summed E-state index contributed by atoms with van der Waals surface area (Å²) in [6, 6.07) is 0. The first-order valence-electron chi connectivity index (χ1n) is 5.44. The summed E-state index contributed by atoms with van der Waals surface area (Å²) in [6.45, 7) is 5.82. The van der Waals surface area contributed by atoms with Gasteiger partial charge in [-0.3, -0.25) is 9.59 Å². The average Bonchev–Trinajstić information content (AvgIpc) is 2.24. The van der Waals surface area contributed by atoms with E-state index in [1.807, 2.05) is 13.8 Å². The summed E-state index contributed by atoms with van der Waals surface area (Å²) in [5.74, 6) is -0.282. The van der Waals surface area contributed by atoms with Gasteiger partial charge in [0.05, 0.1) is 13.1 Å². The second-order valence-corrected chi connectivity index (χ2v) is 3.30. The minimum Gasteiger partial charge on any atom is -0.355 e. The lowest BCUT2D eigenvalue weighted by Crippen LogP contribution is -2.41. The van der Waals surface area contributed by atoms with Crippen LogP contribution in [0.15, 0.2) is 0 Å². The third-order valence-electron chi connectivity index (χ3n) is 1.73. The van der Waals surface area contributed by atoms with Crippen molar-refractivity contribution in [1.82, 2.24) is 16.0 Å². The Morgan fingerprint density at radius 2 is 1.47 bits per heavy atom. The molecule has 0 heterocycles. The summed E-state index contributed by atoms with van der Waals surface area (Å²) >= 11 is 0. The maximum atomic E-state index is 11.1. The quantitative estimate of drug-likeness (QED) is 0.484. The molecule has 0 aromatic carbocycles. The van der Waals surface area contributed by atoms with E-state index in [1.54, 1.807) is 0 Å². The maximum Gasteiger partial charge on any atom is 0.239 e. The van der Waals surface area contributed by atoms with Crippen LogP contribution in [0.4, 0.5) is 0 Å². The smallest absolute Gasteiger partial charge is 0.239 e. The van der Waals surface area contributed by atoms with Crippen LogP contribution in [0, 0.1) is 0 Å². The van der Waals surface area contributed by atoms with E-state index in [0.717, 1.165) is 19.4 Å². The van der Waals surface area contributed by atoms with Gasteiger partial charge in [0, 0.05) is 6.54 Å². The molecular weight excluding hydrogens is 194 g/mol. The van der Waals surface area contributed by atoms with Gasteiger partial charge in [-0.25, -0.2) is 0 Å². The van der Waals surface area contributed by atoms with Crippen LogP contribution >= 0.6 is 0 Å². The molecule has 5 heteroatoms. The Balaban J connectivity index is 3.40. The zero-order valence-electron chi connectivity index (χ0n) is 9.56. The number of amides is 2. The van der Waals surface area contributed by atoms with E-state index in [0.29, 0.717) is 6.54 Å². The Morgan fingerprint density at radius 1 is 0.867 bits per heavy atom. The van der Waals surface area contributed by atoms with Gasteiger partial charge in [-0.2, -0.15) is 0 Å². The zero-order chi connectivity index (χ0) is 11.5. The van der Waals surface area contributed by atoms with Crippen molar-refractivity contribution in [3.63, 3.8) is 0 Å². The molecule has 0 unspecified atom stereocenters. The van der Waals surface area contributed by atoms with Crippen LogP contribution in [0.1, 0.15) is 26.7 Å². The summed E-state index contributed by atoms with van der Waals surface area (Å²) in [4.78, 5) is 22.2. The van der Waals surface area contributed by atoms with Crippen molar-refractivity contribution in [3.05, 3.63) is 0 Å². The Bertz CT molecular complexity index is 195. The molecule has 0 fully saturated rings. The summed E-state index contributed by atoms with van der Waals surface area (Å²) in [5, 5.41) is 8.18. The molecular formula is C10H21N3O2. The number of hydrogen-bond donors (Lipinski definition) is 3. The number of carbonyl (C=O) groups is 2. The molecule has 0 aliphatic heterocycles. The maximum absolute atomic E-state index is 11.1. The van der Waals surface area contributed by atoms with Crippen molar-refractivity contribution >= 4 is 11.8 Å². The lowest BCUT2D eigenvalue weighted by atomic mass is 10.4. The van der Waals surface area contributed by atoms with Crippen molar-refractivity contribution in [2.75, 3.05) is 26.2 Å². The Labute approximate surface area is 91.0 Å². The van der Waals surface area contributed by atoms with Gasteiger partial charge in [-0.05, 0) is 19.4 Å². The van der Waals surface area contributed by atoms with Gasteiger partial charge in [0.2, 0.25) is 11.8 Å². The van der Waals surface area contributed by atoms with Crippen LogP contribution in [-0.2, 0) is 9.59 Å². The zero-order valence-corrected chi connectivity index (χ0v) is 9.56. The highest BCUT2D eigenvalue weighted by atomic mass is 16.2. The molecule has 15 heavy (non-hydrogen) atoms. The molecule has 2 amide bonds. The number of nitrogens with one attached hydrogen (secondary N) is 3. The Kier molecular flexibility index (Phi) is 8.76. The second-order valence-electron chi connectivity index (χ2n) is 3.30. The van der Waals surface area contributed by atoms with E-state index in [-0.39, 0.29) is 24.9 Å². The first kappa shape index (κ1) is 13.9. The lowest BCUT2D eigenvalue weighted by Gasteiger charge is -2.06. The molecule has 0 aliphatic carbocycles. The second kappa shape index (κ2) is 9.45. The topological polar surface area (TPSA) is 70.2 Å². The molecule has 3 N–H and O–H groups in total. The third-order valence-corrected chi connectivity index (χ3v) is 1.73. The van der Waals surface area contributed by atoms with Crippen molar-refractivity contribution in [3.8, 4) is 0 Å². The number of carbonyl (C=O) groups excluding carboxylic acids is 2. The molecule has 0 atom stereocenters. The molecule has 88 valence electrons. The average molecular weight is 215 g/mol. The van der Waals surface area contributed by atoms with Crippen LogP contribution < -0.4 is 16.0 Å². The van der Waals surface area contributed by atoms with Gasteiger partial charge >= 0.3 is 0 Å². The summed E-state index contributed by atoms with van der Waals surface area (Å²) < 4.78 is 0. The Morgan fingerprint density at radius 3 is 2.07 bits per heavy atom. The number of rotatable bonds is 8. The van der Waals surface area contributed by atoms with Crippen molar-refractivity contribution in [2.45, 2.75) is 26.7 Å². The minimum absolute atomic E-state index is 0.0621. The fraction of sp³-hybridized carbons (Fsp3) is 0.800. The molecule has 5 nitrogen and oxygen atoms in total. The van der Waals surface area contributed by atoms with Crippen LogP contribution in [0.3, 0.4) is 0 Å². The van der Waals surface area contributed by atoms with Crippen LogP contribution in [0.5, 0.6) is 0 Å². The van der Waals surface area contributed by atoms with Crippen LogP contribution in [-0.4, -0.2) is 38.0 Å².